The van der Waals surface area contributed by atoms with E-state index in [0.29, 0.717) is 22.1 Å². The molecule has 0 spiro atoms. The van der Waals surface area contributed by atoms with Gasteiger partial charge in [-0.3, -0.25) is 0 Å². The van der Waals surface area contributed by atoms with E-state index in [1.54, 1.807) is 32.4 Å². The Morgan fingerprint density at radius 3 is 2.22 bits per heavy atom. The van der Waals surface area contributed by atoms with Crippen molar-refractivity contribution in [3.05, 3.63) is 47.2 Å². The van der Waals surface area contributed by atoms with E-state index in [2.05, 4.69) is 6.07 Å². The van der Waals surface area contributed by atoms with E-state index in [9.17, 15) is 4.39 Å². The number of rotatable bonds is 3. The first-order valence-corrected chi connectivity index (χ1v) is 5.62. The van der Waals surface area contributed by atoms with E-state index in [1.165, 1.54) is 12.1 Å². The average molecular weight is 266 g/mol. The molecule has 0 unspecified atom stereocenters. The third-order valence-electron chi connectivity index (χ3n) is 2.53. The maximum absolute atomic E-state index is 13.2. The van der Waals surface area contributed by atoms with Gasteiger partial charge in [0.2, 0.25) is 0 Å². The molecule has 0 heterocycles. The van der Waals surface area contributed by atoms with Crippen molar-refractivity contribution in [1.29, 1.82) is 0 Å². The number of methoxy groups -OCH3 is 2. The SMILES string of the molecule is COc1cc(OC)cc(-c2cc(F)[c]cc2Cl)c1. The minimum absolute atomic E-state index is 0.423. The van der Waals surface area contributed by atoms with Crippen LogP contribution >= 0.6 is 11.6 Å². The molecule has 0 atom stereocenters. The van der Waals surface area contributed by atoms with E-state index in [1.807, 2.05) is 0 Å². The zero-order valence-corrected chi connectivity index (χ0v) is 10.7. The van der Waals surface area contributed by atoms with Crippen LogP contribution in [0.1, 0.15) is 0 Å². The lowest BCUT2D eigenvalue weighted by molar-refractivity contribution is 0.394. The average Bonchev–Trinajstić information content (AvgIpc) is 2.40. The highest BCUT2D eigenvalue weighted by Crippen LogP contribution is 2.34. The summed E-state index contributed by atoms with van der Waals surface area (Å²) in [6.07, 6.45) is 0. The molecule has 2 aromatic carbocycles. The minimum Gasteiger partial charge on any atom is -0.497 e. The molecular weight excluding hydrogens is 255 g/mol. The van der Waals surface area contributed by atoms with Crippen LogP contribution in [0.4, 0.5) is 4.39 Å². The van der Waals surface area contributed by atoms with Crippen LogP contribution in [-0.2, 0) is 0 Å². The van der Waals surface area contributed by atoms with Gasteiger partial charge >= 0.3 is 0 Å². The molecule has 0 bridgehead atoms. The van der Waals surface area contributed by atoms with Crippen molar-refractivity contribution in [2.24, 2.45) is 0 Å². The van der Waals surface area contributed by atoms with Crippen molar-refractivity contribution in [2.45, 2.75) is 0 Å². The Morgan fingerprint density at radius 1 is 1.06 bits per heavy atom. The second kappa shape index (κ2) is 5.27. The first-order chi connectivity index (χ1) is 8.63. The van der Waals surface area contributed by atoms with E-state index in [0.717, 1.165) is 5.56 Å². The first kappa shape index (κ1) is 12.7. The predicted octanol–water partition coefficient (Wildman–Crippen LogP) is 3.96. The van der Waals surface area contributed by atoms with Crippen LogP contribution in [-0.4, -0.2) is 14.2 Å². The van der Waals surface area contributed by atoms with Crippen molar-refractivity contribution in [3.8, 4) is 22.6 Å². The standard InChI is InChI=1S/C14H11ClFO2/c1-17-11-5-9(6-12(8-11)18-2)13-7-10(16)3-4-14(13)15/h4-8H,1-2H3. The molecule has 0 aromatic heterocycles. The fraction of sp³-hybridized carbons (Fsp3) is 0.143. The Bertz CT molecular complexity index is 547. The van der Waals surface area contributed by atoms with Crippen LogP contribution < -0.4 is 9.47 Å². The van der Waals surface area contributed by atoms with Gasteiger partial charge in [-0.25, -0.2) is 4.39 Å². The molecular formula is C14H11ClFO2. The molecule has 4 heteroatoms. The van der Waals surface area contributed by atoms with Crippen molar-refractivity contribution < 1.29 is 13.9 Å². The fourth-order valence-electron chi connectivity index (χ4n) is 1.63. The lowest BCUT2D eigenvalue weighted by Gasteiger charge is -2.10. The van der Waals surface area contributed by atoms with E-state index in [-0.39, 0.29) is 0 Å². The van der Waals surface area contributed by atoms with Crippen molar-refractivity contribution in [1.82, 2.24) is 0 Å². The molecule has 0 aliphatic rings. The molecule has 2 rings (SSSR count). The maximum Gasteiger partial charge on any atom is 0.131 e. The highest BCUT2D eigenvalue weighted by molar-refractivity contribution is 6.33. The maximum atomic E-state index is 13.2. The topological polar surface area (TPSA) is 18.5 Å². The fourth-order valence-corrected chi connectivity index (χ4v) is 1.85. The van der Waals surface area contributed by atoms with Crippen molar-refractivity contribution >= 4 is 11.6 Å². The molecule has 0 fully saturated rings. The van der Waals surface area contributed by atoms with Crippen LogP contribution in [0.25, 0.3) is 11.1 Å². The Hall–Kier alpha value is -1.74. The largest absolute Gasteiger partial charge is 0.497 e. The van der Waals surface area contributed by atoms with Crippen LogP contribution in [0.2, 0.25) is 5.02 Å². The molecule has 0 aliphatic heterocycles. The summed E-state index contributed by atoms with van der Waals surface area (Å²) in [7, 11) is 3.11. The lowest BCUT2D eigenvalue weighted by Crippen LogP contribution is -1.90. The quantitative estimate of drug-likeness (QED) is 0.836. The molecule has 0 saturated carbocycles. The molecule has 0 aliphatic carbocycles. The molecule has 1 radical (unpaired) electrons. The summed E-state index contributed by atoms with van der Waals surface area (Å²) in [4.78, 5) is 0. The van der Waals surface area contributed by atoms with Crippen LogP contribution in [0.3, 0.4) is 0 Å². The van der Waals surface area contributed by atoms with Crippen molar-refractivity contribution in [3.63, 3.8) is 0 Å². The van der Waals surface area contributed by atoms with Gasteiger partial charge in [0.25, 0.3) is 0 Å². The Morgan fingerprint density at radius 2 is 1.67 bits per heavy atom. The van der Waals surface area contributed by atoms with E-state index >= 15 is 0 Å². The molecule has 0 amide bonds. The highest BCUT2D eigenvalue weighted by Gasteiger charge is 2.09. The summed E-state index contributed by atoms with van der Waals surface area (Å²) in [6, 6.07) is 10.4. The summed E-state index contributed by atoms with van der Waals surface area (Å²) in [6.45, 7) is 0. The van der Waals surface area contributed by atoms with Gasteiger partial charge in [0.15, 0.2) is 0 Å². The Balaban J connectivity index is 2.58. The Labute approximate surface area is 110 Å². The molecule has 2 aromatic rings. The molecule has 93 valence electrons. The predicted molar refractivity (Wildman–Crippen MR) is 68.8 cm³/mol. The van der Waals surface area contributed by atoms with Gasteiger partial charge in [-0.05, 0) is 29.8 Å². The molecule has 0 saturated heterocycles. The van der Waals surface area contributed by atoms with Gasteiger partial charge in [-0.15, -0.1) is 0 Å². The van der Waals surface area contributed by atoms with Crippen molar-refractivity contribution in [2.75, 3.05) is 14.2 Å². The smallest absolute Gasteiger partial charge is 0.131 e. The zero-order valence-electron chi connectivity index (χ0n) is 9.96. The summed E-state index contributed by atoms with van der Waals surface area (Å²) < 4.78 is 23.5. The second-order valence-electron chi connectivity index (χ2n) is 3.64. The number of benzene rings is 2. The normalized spacial score (nSPS) is 10.2. The van der Waals surface area contributed by atoms with Gasteiger partial charge in [0.05, 0.1) is 14.2 Å². The van der Waals surface area contributed by atoms with Crippen LogP contribution in [0, 0.1) is 11.9 Å². The number of halogens is 2. The Kier molecular flexibility index (Phi) is 3.72. The summed E-state index contributed by atoms with van der Waals surface area (Å²) >= 11 is 6.04. The lowest BCUT2D eigenvalue weighted by atomic mass is 10.0. The third kappa shape index (κ3) is 2.57. The summed E-state index contributed by atoms with van der Waals surface area (Å²) in [5.74, 6) is 0.776. The molecule has 0 N–H and O–H groups in total. The second-order valence-corrected chi connectivity index (χ2v) is 4.05. The van der Waals surface area contributed by atoms with Crippen LogP contribution in [0.15, 0.2) is 30.3 Å². The van der Waals surface area contributed by atoms with Gasteiger partial charge < -0.3 is 9.47 Å². The van der Waals surface area contributed by atoms with E-state index < -0.39 is 5.82 Å². The zero-order chi connectivity index (χ0) is 13.1. The van der Waals surface area contributed by atoms with Gasteiger partial charge in [0, 0.05) is 22.7 Å². The summed E-state index contributed by atoms with van der Waals surface area (Å²) in [5, 5.41) is 0.423. The van der Waals surface area contributed by atoms with Crippen LogP contribution in [0.5, 0.6) is 11.5 Å². The monoisotopic (exact) mass is 265 g/mol. The van der Waals surface area contributed by atoms with Gasteiger partial charge in [-0.2, -0.15) is 0 Å². The molecule has 18 heavy (non-hydrogen) atoms. The van der Waals surface area contributed by atoms with Gasteiger partial charge in [0.1, 0.15) is 17.3 Å². The summed E-state index contributed by atoms with van der Waals surface area (Å²) in [5.41, 5.74) is 1.30. The third-order valence-corrected chi connectivity index (χ3v) is 2.84. The first-order valence-electron chi connectivity index (χ1n) is 5.24. The van der Waals surface area contributed by atoms with Gasteiger partial charge in [-0.1, -0.05) is 11.6 Å². The minimum atomic E-state index is -0.462. The number of ether oxygens (including phenoxy) is 2. The number of hydrogen-bond donors (Lipinski definition) is 0. The number of hydrogen-bond acceptors (Lipinski definition) is 2. The highest BCUT2D eigenvalue weighted by atomic mass is 35.5. The van der Waals surface area contributed by atoms with E-state index in [4.69, 9.17) is 21.1 Å². The molecule has 2 nitrogen and oxygen atoms in total.